The minimum Gasteiger partial charge on any atom is -0.395 e. The maximum Gasteiger partial charge on any atom is 0.416 e. The van der Waals surface area contributed by atoms with Gasteiger partial charge >= 0.3 is 6.18 Å². The summed E-state index contributed by atoms with van der Waals surface area (Å²) in [5, 5.41) is 36.7. The molecule has 15 heteroatoms. The SMILES string of the molecule is NC(CO)CO.O=C(NC(CO)CO)c1cccc(C2=CCN(S(=O)(=O)c3cccc(C(F)(F)F)c3)CC2)n1. The van der Waals surface area contributed by atoms with Crippen LogP contribution in [0.4, 0.5) is 13.2 Å². The molecule has 0 radical (unpaired) electrons. The number of nitrogens with two attached hydrogens (primary N) is 1. The summed E-state index contributed by atoms with van der Waals surface area (Å²) in [6, 6.07) is 7.02. The van der Waals surface area contributed by atoms with Crippen LogP contribution in [-0.4, -0.2) is 95.6 Å². The van der Waals surface area contributed by atoms with E-state index in [4.69, 9.17) is 26.2 Å². The van der Waals surface area contributed by atoms with Crippen LogP contribution in [-0.2, 0) is 16.2 Å². The highest BCUT2D eigenvalue weighted by molar-refractivity contribution is 7.89. The summed E-state index contributed by atoms with van der Waals surface area (Å²) >= 11 is 0. The Bertz CT molecular complexity index is 1230. The summed E-state index contributed by atoms with van der Waals surface area (Å²) in [5.74, 6) is -0.588. The monoisotopic (exact) mass is 576 g/mol. The van der Waals surface area contributed by atoms with Gasteiger partial charge in [0, 0.05) is 13.1 Å². The van der Waals surface area contributed by atoms with E-state index in [9.17, 15) is 26.4 Å². The molecule has 0 spiro atoms. The first-order chi connectivity index (χ1) is 18.4. The number of sulfonamides is 1. The number of alkyl halides is 3. The van der Waals surface area contributed by atoms with Gasteiger partial charge in [0.1, 0.15) is 5.69 Å². The number of aliphatic hydroxyl groups excluding tert-OH is 4. The number of benzene rings is 1. The first-order valence-corrected chi connectivity index (χ1v) is 13.1. The average Bonchev–Trinajstić information content (AvgIpc) is 2.95. The summed E-state index contributed by atoms with van der Waals surface area (Å²) < 4.78 is 65.6. The predicted molar refractivity (Wildman–Crippen MR) is 135 cm³/mol. The predicted octanol–water partition coefficient (Wildman–Crippen LogP) is -0.0403. The van der Waals surface area contributed by atoms with Crippen LogP contribution < -0.4 is 11.1 Å². The molecule has 7 N–H and O–H groups in total. The minimum absolute atomic E-state index is 0.0274. The van der Waals surface area contributed by atoms with Crippen molar-refractivity contribution in [2.75, 3.05) is 39.5 Å². The zero-order chi connectivity index (χ0) is 29.2. The Kier molecular flexibility index (Phi) is 12.0. The van der Waals surface area contributed by atoms with Crippen molar-refractivity contribution < 1.29 is 46.8 Å². The lowest BCUT2D eigenvalue weighted by Crippen LogP contribution is -2.40. The van der Waals surface area contributed by atoms with Crippen LogP contribution in [0, 0.1) is 0 Å². The van der Waals surface area contributed by atoms with Crippen molar-refractivity contribution in [1.82, 2.24) is 14.6 Å². The maximum atomic E-state index is 13.0. The third-order valence-corrected chi connectivity index (χ3v) is 7.39. The van der Waals surface area contributed by atoms with Gasteiger partial charge in [-0.3, -0.25) is 4.79 Å². The van der Waals surface area contributed by atoms with Crippen molar-refractivity contribution in [2.24, 2.45) is 5.73 Å². The summed E-state index contributed by atoms with van der Waals surface area (Å²) in [6.07, 6.45) is -2.81. The standard InChI is InChI=1S/C21H22F3N3O5S.C3H9NO2/c22-21(23,24)15-3-1-4-17(11-15)33(31,32)27-9-7-14(8-10-27)18-5-2-6-19(26-18)20(30)25-16(12-28)13-29;4-3(1-5)2-6/h1-7,11,16,28-29H,8-10,12-13H2,(H,25,30);3,5-6H,1-2,4H2. The van der Waals surface area contributed by atoms with Gasteiger partial charge in [0.2, 0.25) is 10.0 Å². The zero-order valence-electron chi connectivity index (χ0n) is 20.8. The van der Waals surface area contributed by atoms with E-state index in [2.05, 4.69) is 10.3 Å². The number of pyridine rings is 1. The van der Waals surface area contributed by atoms with E-state index in [1.165, 1.54) is 6.07 Å². The van der Waals surface area contributed by atoms with Gasteiger partial charge in [-0.05, 0) is 42.3 Å². The Morgan fingerprint density at radius 2 is 1.69 bits per heavy atom. The normalized spacial score (nSPS) is 14.6. The van der Waals surface area contributed by atoms with Gasteiger partial charge in [0.25, 0.3) is 5.91 Å². The van der Waals surface area contributed by atoms with Crippen molar-refractivity contribution in [3.05, 3.63) is 65.5 Å². The summed E-state index contributed by atoms with van der Waals surface area (Å²) in [7, 11) is -4.13. The fraction of sp³-hybridized carbons (Fsp3) is 0.417. The van der Waals surface area contributed by atoms with Gasteiger partial charge in [-0.15, -0.1) is 0 Å². The van der Waals surface area contributed by atoms with Crippen LogP contribution in [0.25, 0.3) is 5.57 Å². The molecule has 0 unspecified atom stereocenters. The second kappa shape index (κ2) is 14.5. The van der Waals surface area contributed by atoms with Gasteiger partial charge in [-0.1, -0.05) is 18.2 Å². The fourth-order valence-corrected chi connectivity index (χ4v) is 4.72. The van der Waals surface area contributed by atoms with E-state index in [0.29, 0.717) is 17.3 Å². The van der Waals surface area contributed by atoms with Crippen molar-refractivity contribution >= 4 is 21.5 Å². The van der Waals surface area contributed by atoms with Crippen LogP contribution in [0.5, 0.6) is 0 Å². The summed E-state index contributed by atoms with van der Waals surface area (Å²) in [6.45, 7) is -1.21. The quantitative estimate of drug-likeness (QED) is 0.238. The molecule has 1 aromatic heterocycles. The van der Waals surface area contributed by atoms with Gasteiger partial charge in [0.05, 0.1) is 54.7 Å². The Balaban J connectivity index is 0.000000798. The van der Waals surface area contributed by atoms with Crippen LogP contribution in [0.2, 0.25) is 0 Å². The number of nitrogens with one attached hydrogen (secondary N) is 1. The lowest BCUT2D eigenvalue weighted by Gasteiger charge is -2.26. The zero-order valence-corrected chi connectivity index (χ0v) is 21.6. The van der Waals surface area contributed by atoms with E-state index in [0.717, 1.165) is 22.5 Å². The van der Waals surface area contributed by atoms with Crippen LogP contribution in [0.3, 0.4) is 0 Å². The Labute approximate surface area is 223 Å². The van der Waals surface area contributed by atoms with E-state index in [-0.39, 0.29) is 38.4 Å². The van der Waals surface area contributed by atoms with Crippen molar-refractivity contribution in [3.8, 4) is 0 Å². The molecule has 11 nitrogen and oxygen atoms in total. The highest BCUT2D eigenvalue weighted by atomic mass is 32.2. The van der Waals surface area contributed by atoms with Gasteiger partial charge in [-0.25, -0.2) is 13.4 Å². The van der Waals surface area contributed by atoms with Gasteiger partial charge < -0.3 is 31.5 Å². The Hall–Kier alpha value is -2.92. The first-order valence-electron chi connectivity index (χ1n) is 11.7. The van der Waals surface area contributed by atoms with Crippen molar-refractivity contribution in [1.29, 1.82) is 0 Å². The molecule has 0 atom stereocenters. The Morgan fingerprint density at radius 3 is 2.21 bits per heavy atom. The molecule has 0 aliphatic carbocycles. The molecular weight excluding hydrogens is 545 g/mol. The third-order valence-electron chi connectivity index (χ3n) is 5.53. The summed E-state index contributed by atoms with van der Waals surface area (Å²) in [5.41, 5.74) is 5.12. The molecule has 1 aliphatic rings. The first kappa shape index (κ1) is 32.3. The van der Waals surface area contributed by atoms with E-state index in [1.807, 2.05) is 0 Å². The summed E-state index contributed by atoms with van der Waals surface area (Å²) in [4.78, 5) is 16.1. The number of hydrogen-bond donors (Lipinski definition) is 6. The molecule has 1 amide bonds. The number of nitrogens with zero attached hydrogens (tertiary/aromatic N) is 2. The third kappa shape index (κ3) is 9.06. The number of rotatable bonds is 9. The molecule has 1 aliphatic heterocycles. The molecule has 1 aromatic carbocycles. The molecule has 0 saturated heterocycles. The van der Waals surface area contributed by atoms with Gasteiger partial charge in [0.15, 0.2) is 0 Å². The number of halogens is 3. The molecule has 3 rings (SSSR count). The van der Waals surface area contributed by atoms with Gasteiger partial charge in [-0.2, -0.15) is 17.5 Å². The molecular formula is C24H31F3N4O7S. The molecule has 0 bridgehead atoms. The molecule has 2 aromatic rings. The molecule has 216 valence electrons. The number of amides is 1. The number of aliphatic hydroxyl groups is 4. The van der Waals surface area contributed by atoms with E-state index < -0.39 is 57.9 Å². The molecule has 2 heterocycles. The fourth-order valence-electron chi connectivity index (χ4n) is 3.29. The number of hydrogen-bond acceptors (Lipinski definition) is 9. The number of aromatic nitrogens is 1. The lowest BCUT2D eigenvalue weighted by molar-refractivity contribution is -0.137. The second-order valence-corrected chi connectivity index (χ2v) is 10.4. The van der Waals surface area contributed by atoms with E-state index >= 15 is 0 Å². The van der Waals surface area contributed by atoms with Crippen LogP contribution >= 0.6 is 0 Å². The average molecular weight is 577 g/mol. The number of carbonyl (C=O) groups excluding carboxylic acids is 1. The van der Waals surface area contributed by atoms with Crippen molar-refractivity contribution in [3.63, 3.8) is 0 Å². The lowest BCUT2D eigenvalue weighted by atomic mass is 10.1. The highest BCUT2D eigenvalue weighted by Crippen LogP contribution is 2.32. The second-order valence-electron chi connectivity index (χ2n) is 8.44. The molecule has 0 saturated carbocycles. The number of carbonyl (C=O) groups is 1. The molecule has 39 heavy (non-hydrogen) atoms. The smallest absolute Gasteiger partial charge is 0.395 e. The van der Waals surface area contributed by atoms with Crippen LogP contribution in [0.15, 0.2) is 53.4 Å². The highest BCUT2D eigenvalue weighted by Gasteiger charge is 2.33. The largest absolute Gasteiger partial charge is 0.416 e. The maximum absolute atomic E-state index is 13.0. The minimum atomic E-state index is -4.65. The topological polar surface area (TPSA) is 186 Å². The van der Waals surface area contributed by atoms with Crippen LogP contribution in [0.1, 0.15) is 28.2 Å². The van der Waals surface area contributed by atoms with Crippen molar-refractivity contribution in [2.45, 2.75) is 29.6 Å². The molecule has 0 fully saturated rings. The van der Waals surface area contributed by atoms with E-state index in [1.54, 1.807) is 18.2 Å². The Morgan fingerprint density at radius 1 is 1.05 bits per heavy atom.